The number of rotatable bonds is 4. The molecule has 0 aliphatic heterocycles. The maximum Gasteiger partial charge on any atom is 0.341 e. The van der Waals surface area contributed by atoms with Crippen molar-refractivity contribution in [3.63, 3.8) is 0 Å². The van der Waals surface area contributed by atoms with E-state index in [4.69, 9.17) is 14.3 Å². The molecule has 0 unspecified atom stereocenters. The maximum atomic E-state index is 12.9. The van der Waals surface area contributed by atoms with E-state index in [2.05, 4.69) is 38.1 Å². The molecule has 0 spiro atoms. The summed E-state index contributed by atoms with van der Waals surface area (Å²) in [4.78, 5) is 23.6. The lowest BCUT2D eigenvalue weighted by molar-refractivity contribution is -0.139. The third-order valence-electron chi connectivity index (χ3n) is 5.02. The van der Waals surface area contributed by atoms with Gasteiger partial charge in [-0.05, 0) is 61.6 Å². The minimum Gasteiger partial charge on any atom is -0.482 e. The Labute approximate surface area is 161 Å². The quantitative estimate of drug-likeness (QED) is 0.732. The summed E-state index contributed by atoms with van der Waals surface area (Å²) in [6, 6.07) is 11.1. The van der Waals surface area contributed by atoms with Crippen LogP contribution >= 0.6 is 0 Å². The molecule has 1 N–H and O–H groups in total. The molecular weight excluding hydrogens is 356 g/mol. The van der Waals surface area contributed by atoms with Crippen molar-refractivity contribution in [3.05, 3.63) is 74.6 Å². The lowest BCUT2D eigenvalue weighted by Crippen LogP contribution is -2.10. The lowest BCUT2D eigenvalue weighted by Gasteiger charge is -2.08. The molecule has 0 saturated carbocycles. The fourth-order valence-electron chi connectivity index (χ4n) is 3.55. The Morgan fingerprint density at radius 1 is 1.18 bits per heavy atom. The maximum absolute atomic E-state index is 12.9. The average Bonchev–Trinajstić information content (AvgIpc) is 3.06. The second-order valence-electron chi connectivity index (χ2n) is 7.11. The van der Waals surface area contributed by atoms with Gasteiger partial charge in [0, 0.05) is 11.6 Å². The first-order chi connectivity index (χ1) is 13.4. The Kier molecular flexibility index (Phi) is 4.51. The molecule has 0 amide bonds. The van der Waals surface area contributed by atoms with Crippen molar-refractivity contribution in [2.75, 3.05) is 6.61 Å². The van der Waals surface area contributed by atoms with Gasteiger partial charge in [0.05, 0.1) is 5.39 Å². The third-order valence-corrected chi connectivity index (χ3v) is 5.02. The van der Waals surface area contributed by atoms with Crippen LogP contribution in [0.4, 0.5) is 0 Å². The van der Waals surface area contributed by atoms with Crippen LogP contribution in [0.15, 0.2) is 45.6 Å². The number of carboxylic acids is 1. The number of ether oxygens (including phenoxy) is 1. The molecule has 0 fully saturated rings. The first-order valence-electron chi connectivity index (χ1n) is 9.15. The molecule has 5 nitrogen and oxygen atoms in total. The highest BCUT2D eigenvalue weighted by atomic mass is 16.5. The Balaban J connectivity index is 1.81. The van der Waals surface area contributed by atoms with Gasteiger partial charge < -0.3 is 14.3 Å². The van der Waals surface area contributed by atoms with Crippen molar-refractivity contribution in [3.8, 4) is 5.75 Å². The van der Waals surface area contributed by atoms with E-state index in [1.807, 2.05) is 0 Å². The van der Waals surface area contributed by atoms with Crippen molar-refractivity contribution < 1.29 is 19.1 Å². The molecule has 1 heterocycles. The zero-order chi connectivity index (χ0) is 19.8. The van der Waals surface area contributed by atoms with E-state index in [0.29, 0.717) is 34.5 Å². The second-order valence-corrected chi connectivity index (χ2v) is 7.11. The van der Waals surface area contributed by atoms with Crippen LogP contribution in [0.25, 0.3) is 22.6 Å². The summed E-state index contributed by atoms with van der Waals surface area (Å²) in [5, 5.41) is 9.25. The third kappa shape index (κ3) is 3.31. The van der Waals surface area contributed by atoms with Gasteiger partial charge in [-0.3, -0.25) is 4.79 Å². The van der Waals surface area contributed by atoms with Crippen LogP contribution in [0, 0.1) is 13.8 Å². The number of carboxylic acid groups (broad SMARTS) is 1. The van der Waals surface area contributed by atoms with Crippen molar-refractivity contribution >= 4 is 28.6 Å². The van der Waals surface area contributed by atoms with Gasteiger partial charge in [-0.1, -0.05) is 23.8 Å². The van der Waals surface area contributed by atoms with Gasteiger partial charge >= 0.3 is 5.97 Å². The number of carbonyl (C=O) groups is 1. The second kappa shape index (κ2) is 7.00. The van der Waals surface area contributed by atoms with Crippen molar-refractivity contribution in [2.45, 2.75) is 26.7 Å². The number of fused-ring (bicyclic) bond motifs is 2. The molecule has 0 bridgehead atoms. The van der Waals surface area contributed by atoms with Crippen molar-refractivity contribution in [1.82, 2.24) is 0 Å². The summed E-state index contributed by atoms with van der Waals surface area (Å²) >= 11 is 0. The van der Waals surface area contributed by atoms with Gasteiger partial charge in [0.15, 0.2) is 12.0 Å². The first-order valence-corrected chi connectivity index (χ1v) is 9.15. The first kappa shape index (κ1) is 18.0. The molecule has 3 aromatic rings. The van der Waals surface area contributed by atoms with E-state index in [0.717, 1.165) is 17.6 Å². The summed E-state index contributed by atoms with van der Waals surface area (Å²) in [6.07, 6.45) is 3.50. The predicted molar refractivity (Wildman–Crippen MR) is 108 cm³/mol. The normalized spacial score (nSPS) is 14.4. The number of allylic oxidation sites excluding steroid dienone is 1. The molecule has 0 radical (unpaired) electrons. The van der Waals surface area contributed by atoms with Crippen LogP contribution in [0.5, 0.6) is 5.75 Å². The van der Waals surface area contributed by atoms with Gasteiger partial charge in [0.2, 0.25) is 0 Å². The highest BCUT2D eigenvalue weighted by molar-refractivity contribution is 5.88. The van der Waals surface area contributed by atoms with Gasteiger partial charge in [-0.2, -0.15) is 0 Å². The Bertz CT molecular complexity index is 1180. The molecular formula is C23H20O5. The SMILES string of the molecule is Cc1ccc(C)c(/C=C2\CCc3c2oc2cc(OCC(=O)O)ccc2c3=O)c1. The predicted octanol–water partition coefficient (Wildman–Crippen LogP) is 4.36. The molecule has 1 aliphatic carbocycles. The average molecular weight is 376 g/mol. The molecule has 28 heavy (non-hydrogen) atoms. The number of hydrogen-bond acceptors (Lipinski definition) is 4. The summed E-state index contributed by atoms with van der Waals surface area (Å²) in [6.45, 7) is 3.67. The fraction of sp³-hybridized carbons (Fsp3) is 0.217. The molecule has 0 atom stereocenters. The van der Waals surface area contributed by atoms with Crippen molar-refractivity contribution in [2.24, 2.45) is 0 Å². The largest absolute Gasteiger partial charge is 0.482 e. The minimum absolute atomic E-state index is 0.0367. The van der Waals surface area contributed by atoms with E-state index in [1.165, 1.54) is 11.1 Å². The zero-order valence-electron chi connectivity index (χ0n) is 15.7. The standard InChI is InChI=1S/C23H20O5/c1-13-3-4-14(2)16(9-13)10-15-5-7-19-22(26)18-8-6-17(27-12-21(24)25)11-20(18)28-23(15)19/h3-4,6,8-11H,5,7,12H2,1-2H3,(H,24,25)/b15-10+. The van der Waals surface area contributed by atoms with Crippen LogP contribution in [0.3, 0.4) is 0 Å². The topological polar surface area (TPSA) is 76.7 Å². The molecule has 5 heteroatoms. The smallest absolute Gasteiger partial charge is 0.341 e. The number of hydrogen-bond donors (Lipinski definition) is 1. The van der Waals surface area contributed by atoms with Gasteiger partial charge in [0.25, 0.3) is 0 Å². The Hall–Kier alpha value is -3.34. The van der Waals surface area contributed by atoms with Gasteiger partial charge in [-0.25, -0.2) is 4.79 Å². The van der Waals surface area contributed by atoms with E-state index >= 15 is 0 Å². The Morgan fingerprint density at radius 3 is 2.79 bits per heavy atom. The molecule has 142 valence electrons. The molecule has 4 rings (SSSR count). The lowest BCUT2D eigenvalue weighted by atomic mass is 10.0. The van der Waals surface area contributed by atoms with Gasteiger partial charge in [-0.15, -0.1) is 0 Å². The fourth-order valence-corrected chi connectivity index (χ4v) is 3.55. The van der Waals surface area contributed by atoms with Crippen LogP contribution < -0.4 is 10.2 Å². The number of aliphatic carboxylic acids is 1. The molecule has 1 aliphatic rings. The van der Waals surface area contributed by atoms with E-state index in [1.54, 1.807) is 18.2 Å². The van der Waals surface area contributed by atoms with Crippen molar-refractivity contribution in [1.29, 1.82) is 0 Å². The molecule has 0 saturated heterocycles. The summed E-state index contributed by atoms with van der Waals surface area (Å²) in [7, 11) is 0. The molecule has 2 aromatic carbocycles. The monoisotopic (exact) mass is 376 g/mol. The van der Waals surface area contributed by atoms with E-state index in [9.17, 15) is 9.59 Å². The summed E-state index contributed by atoms with van der Waals surface area (Å²) in [5.74, 6) is -0.0842. The molecule has 1 aromatic heterocycles. The number of aryl methyl sites for hydroxylation is 2. The highest BCUT2D eigenvalue weighted by Gasteiger charge is 2.24. The van der Waals surface area contributed by atoms with Crippen LogP contribution in [0.1, 0.15) is 34.4 Å². The van der Waals surface area contributed by atoms with Crippen LogP contribution in [0.2, 0.25) is 0 Å². The Morgan fingerprint density at radius 2 is 2.00 bits per heavy atom. The summed E-state index contributed by atoms with van der Waals surface area (Å²) in [5.41, 5.74) is 5.52. The summed E-state index contributed by atoms with van der Waals surface area (Å²) < 4.78 is 11.3. The zero-order valence-corrected chi connectivity index (χ0v) is 15.7. The van der Waals surface area contributed by atoms with Crippen LogP contribution in [-0.2, 0) is 11.2 Å². The minimum atomic E-state index is -1.06. The van der Waals surface area contributed by atoms with E-state index in [-0.39, 0.29) is 5.43 Å². The van der Waals surface area contributed by atoms with Gasteiger partial charge in [0.1, 0.15) is 17.1 Å². The number of benzene rings is 2. The van der Waals surface area contributed by atoms with Crippen LogP contribution in [-0.4, -0.2) is 17.7 Å². The van der Waals surface area contributed by atoms with E-state index < -0.39 is 12.6 Å². The highest BCUT2D eigenvalue weighted by Crippen LogP contribution is 2.35.